The Hall–Kier alpha value is -2.77. The Balaban J connectivity index is 1.72. The molecule has 0 aliphatic carbocycles. The van der Waals surface area contributed by atoms with Crippen molar-refractivity contribution < 1.29 is 13.6 Å². The van der Waals surface area contributed by atoms with Crippen molar-refractivity contribution in [3.8, 4) is 0 Å². The SMILES string of the molecule is CCN(CC)CCN(C(=O)c1cc2ccccc2o1)c1nc2c(F)cccc2s1. The Labute approximate surface area is 172 Å². The van der Waals surface area contributed by atoms with Crippen molar-refractivity contribution in [2.45, 2.75) is 13.8 Å². The Morgan fingerprint density at radius 1 is 1.10 bits per heavy atom. The van der Waals surface area contributed by atoms with Crippen molar-refractivity contribution in [2.24, 2.45) is 0 Å². The molecule has 0 atom stereocenters. The number of amides is 1. The van der Waals surface area contributed by atoms with E-state index in [1.807, 2.05) is 30.3 Å². The summed E-state index contributed by atoms with van der Waals surface area (Å²) in [6.45, 7) is 7.08. The van der Waals surface area contributed by atoms with Crippen LogP contribution in [0.2, 0.25) is 0 Å². The number of hydrogen-bond acceptors (Lipinski definition) is 5. The van der Waals surface area contributed by atoms with Gasteiger partial charge in [-0.15, -0.1) is 0 Å². The molecule has 0 bridgehead atoms. The maximum Gasteiger partial charge on any atom is 0.295 e. The zero-order chi connectivity index (χ0) is 20.4. The lowest BCUT2D eigenvalue weighted by atomic mass is 10.2. The number of rotatable bonds is 7. The van der Waals surface area contributed by atoms with Crippen LogP contribution in [0.1, 0.15) is 24.4 Å². The molecule has 0 spiro atoms. The number of anilines is 1. The van der Waals surface area contributed by atoms with Crippen LogP contribution in [-0.4, -0.2) is 42.0 Å². The van der Waals surface area contributed by atoms with E-state index in [-0.39, 0.29) is 23.0 Å². The number of hydrogen-bond donors (Lipinski definition) is 0. The van der Waals surface area contributed by atoms with E-state index in [0.717, 1.165) is 18.5 Å². The van der Waals surface area contributed by atoms with Crippen LogP contribution in [0.15, 0.2) is 52.9 Å². The van der Waals surface area contributed by atoms with Crippen LogP contribution in [0.4, 0.5) is 9.52 Å². The highest BCUT2D eigenvalue weighted by Gasteiger charge is 2.25. The summed E-state index contributed by atoms with van der Waals surface area (Å²) in [5, 5.41) is 1.34. The van der Waals surface area contributed by atoms with Gasteiger partial charge in [0.05, 0.1) is 4.70 Å². The Morgan fingerprint density at radius 2 is 1.90 bits per heavy atom. The van der Waals surface area contributed by atoms with E-state index < -0.39 is 0 Å². The third kappa shape index (κ3) is 3.88. The first kappa shape index (κ1) is 19.5. The number of likely N-dealkylation sites (N-methyl/N-ethyl adjacent to an activating group) is 1. The summed E-state index contributed by atoms with van der Waals surface area (Å²) < 4.78 is 20.7. The zero-order valence-electron chi connectivity index (χ0n) is 16.4. The minimum Gasteiger partial charge on any atom is -0.451 e. The van der Waals surface area contributed by atoms with Gasteiger partial charge in [0.15, 0.2) is 10.9 Å². The smallest absolute Gasteiger partial charge is 0.295 e. The first-order valence-electron chi connectivity index (χ1n) is 9.68. The molecule has 0 unspecified atom stereocenters. The highest BCUT2D eigenvalue weighted by atomic mass is 32.1. The van der Waals surface area contributed by atoms with E-state index in [4.69, 9.17) is 4.42 Å². The molecule has 2 heterocycles. The predicted octanol–water partition coefficient (Wildman–Crippen LogP) is 5.17. The summed E-state index contributed by atoms with van der Waals surface area (Å²) in [6.07, 6.45) is 0. The standard InChI is InChI=1S/C22H22FN3O2S/c1-3-25(4-2)12-13-26(22-24-20-16(23)9-7-11-19(20)29-22)21(27)18-14-15-8-5-6-10-17(15)28-18/h5-11,14H,3-4,12-13H2,1-2H3. The van der Waals surface area contributed by atoms with Crippen LogP contribution in [0, 0.1) is 5.82 Å². The number of nitrogens with zero attached hydrogens (tertiary/aromatic N) is 3. The molecule has 0 saturated carbocycles. The summed E-state index contributed by atoms with van der Waals surface area (Å²) in [4.78, 5) is 21.6. The van der Waals surface area contributed by atoms with E-state index in [9.17, 15) is 9.18 Å². The van der Waals surface area contributed by atoms with Gasteiger partial charge in [0.2, 0.25) is 0 Å². The average Bonchev–Trinajstić information content (AvgIpc) is 3.36. The summed E-state index contributed by atoms with van der Waals surface area (Å²) in [6, 6.07) is 14.1. The highest BCUT2D eigenvalue weighted by molar-refractivity contribution is 7.22. The van der Waals surface area contributed by atoms with Crippen molar-refractivity contribution >= 4 is 43.6 Å². The van der Waals surface area contributed by atoms with Crippen LogP contribution in [0.5, 0.6) is 0 Å². The maximum atomic E-state index is 14.2. The minimum atomic E-state index is -0.384. The van der Waals surface area contributed by atoms with Crippen molar-refractivity contribution in [2.75, 3.05) is 31.1 Å². The van der Waals surface area contributed by atoms with Gasteiger partial charge < -0.3 is 9.32 Å². The number of fused-ring (bicyclic) bond motifs is 2. The third-order valence-corrected chi connectivity index (χ3v) is 6.05. The molecule has 4 rings (SSSR count). The minimum absolute atomic E-state index is 0.255. The normalized spacial score (nSPS) is 11.6. The van der Waals surface area contributed by atoms with Crippen LogP contribution in [-0.2, 0) is 0 Å². The number of para-hydroxylation sites is 2. The molecule has 5 nitrogen and oxygen atoms in total. The first-order chi connectivity index (χ1) is 14.1. The second-order valence-electron chi connectivity index (χ2n) is 6.72. The third-order valence-electron chi connectivity index (χ3n) is 5.01. The van der Waals surface area contributed by atoms with E-state index in [1.165, 1.54) is 17.4 Å². The van der Waals surface area contributed by atoms with Gasteiger partial charge >= 0.3 is 0 Å². The lowest BCUT2D eigenvalue weighted by molar-refractivity contribution is 0.0959. The van der Waals surface area contributed by atoms with E-state index in [0.29, 0.717) is 28.5 Å². The predicted molar refractivity (Wildman–Crippen MR) is 115 cm³/mol. The fourth-order valence-corrected chi connectivity index (χ4v) is 4.31. The fourth-order valence-electron chi connectivity index (χ4n) is 3.30. The van der Waals surface area contributed by atoms with Crippen LogP contribution >= 0.6 is 11.3 Å². The Morgan fingerprint density at radius 3 is 2.62 bits per heavy atom. The number of carbonyl (C=O) groups excluding carboxylic acids is 1. The Kier molecular flexibility index (Phi) is 5.60. The molecule has 0 aliphatic rings. The molecule has 0 radical (unpaired) electrons. The molecule has 150 valence electrons. The zero-order valence-corrected chi connectivity index (χ0v) is 17.2. The second-order valence-corrected chi connectivity index (χ2v) is 7.72. The van der Waals surface area contributed by atoms with Gasteiger partial charge in [-0.25, -0.2) is 9.37 Å². The van der Waals surface area contributed by atoms with Gasteiger partial charge in [0, 0.05) is 18.5 Å². The maximum absolute atomic E-state index is 14.2. The molecule has 29 heavy (non-hydrogen) atoms. The number of benzene rings is 2. The van der Waals surface area contributed by atoms with Gasteiger partial charge in [-0.05, 0) is 37.4 Å². The molecule has 0 aliphatic heterocycles. The lowest BCUT2D eigenvalue weighted by Crippen LogP contribution is -2.38. The molecule has 0 fully saturated rings. The van der Waals surface area contributed by atoms with Crippen LogP contribution < -0.4 is 4.90 Å². The van der Waals surface area contributed by atoms with Gasteiger partial charge in [0.1, 0.15) is 16.9 Å². The second kappa shape index (κ2) is 8.31. The highest BCUT2D eigenvalue weighted by Crippen LogP contribution is 2.31. The van der Waals surface area contributed by atoms with Crippen LogP contribution in [0.25, 0.3) is 21.2 Å². The number of carbonyl (C=O) groups is 1. The van der Waals surface area contributed by atoms with Gasteiger partial charge in [0.25, 0.3) is 5.91 Å². The topological polar surface area (TPSA) is 49.6 Å². The molecule has 2 aromatic carbocycles. The quantitative estimate of drug-likeness (QED) is 0.421. The van der Waals surface area contributed by atoms with Crippen molar-refractivity contribution in [3.05, 3.63) is 60.1 Å². The number of halogens is 1. The summed E-state index contributed by atoms with van der Waals surface area (Å²) in [5.74, 6) is -0.400. The lowest BCUT2D eigenvalue weighted by Gasteiger charge is -2.24. The number of thiazole rings is 1. The van der Waals surface area contributed by atoms with Crippen molar-refractivity contribution in [1.82, 2.24) is 9.88 Å². The first-order valence-corrected chi connectivity index (χ1v) is 10.5. The molecular formula is C22H22FN3O2S. The van der Waals surface area contributed by atoms with E-state index in [2.05, 4.69) is 23.7 Å². The largest absolute Gasteiger partial charge is 0.451 e. The number of aromatic nitrogens is 1. The summed E-state index contributed by atoms with van der Waals surface area (Å²) in [7, 11) is 0. The van der Waals surface area contributed by atoms with Crippen molar-refractivity contribution in [3.63, 3.8) is 0 Å². The summed E-state index contributed by atoms with van der Waals surface area (Å²) in [5.41, 5.74) is 0.952. The van der Waals surface area contributed by atoms with Gasteiger partial charge in [-0.1, -0.05) is 49.4 Å². The monoisotopic (exact) mass is 411 g/mol. The van der Waals surface area contributed by atoms with Gasteiger partial charge in [-0.3, -0.25) is 9.69 Å². The van der Waals surface area contributed by atoms with Crippen molar-refractivity contribution in [1.29, 1.82) is 0 Å². The molecule has 1 amide bonds. The molecule has 0 saturated heterocycles. The summed E-state index contributed by atoms with van der Waals surface area (Å²) >= 11 is 1.31. The molecule has 0 N–H and O–H groups in total. The Bertz CT molecular complexity index is 1120. The molecule has 4 aromatic rings. The average molecular weight is 412 g/mol. The molecular weight excluding hydrogens is 389 g/mol. The van der Waals surface area contributed by atoms with Crippen LogP contribution in [0.3, 0.4) is 0 Å². The molecule has 7 heteroatoms. The molecule has 2 aromatic heterocycles. The van der Waals surface area contributed by atoms with E-state index in [1.54, 1.807) is 17.0 Å². The fraction of sp³-hybridized carbons (Fsp3) is 0.273. The van der Waals surface area contributed by atoms with Gasteiger partial charge in [-0.2, -0.15) is 0 Å². The number of furan rings is 1. The van der Waals surface area contributed by atoms with E-state index >= 15 is 0 Å².